The van der Waals surface area contributed by atoms with Crippen LogP contribution in [0.4, 0.5) is 0 Å². The predicted octanol–water partition coefficient (Wildman–Crippen LogP) is 2.72. The molecule has 1 aromatic carbocycles. The Hall–Kier alpha value is -2.37. The second kappa shape index (κ2) is 8.65. The zero-order valence-corrected chi connectivity index (χ0v) is 15.5. The van der Waals surface area contributed by atoms with Crippen molar-refractivity contribution < 1.29 is 14.7 Å². The summed E-state index contributed by atoms with van der Waals surface area (Å²) in [5, 5.41) is 14.7. The number of carboxylic acids is 1. The van der Waals surface area contributed by atoms with E-state index in [0.717, 1.165) is 13.3 Å². The molecule has 138 valence electrons. The van der Waals surface area contributed by atoms with Gasteiger partial charge in [-0.1, -0.05) is 45.0 Å². The third kappa shape index (κ3) is 6.95. The fraction of sp³-hybridized carbons (Fsp3) is 0.526. The monoisotopic (exact) mass is 347 g/mol. The van der Waals surface area contributed by atoms with Crippen LogP contribution in [0.15, 0.2) is 24.3 Å². The zero-order valence-electron chi connectivity index (χ0n) is 15.5. The third-order valence-corrected chi connectivity index (χ3v) is 4.13. The molecule has 1 saturated heterocycles. The lowest BCUT2D eigenvalue weighted by Gasteiger charge is -2.32. The minimum Gasteiger partial charge on any atom is -0.481 e. The van der Waals surface area contributed by atoms with E-state index >= 15 is 0 Å². The molecule has 6 heteroatoms. The van der Waals surface area contributed by atoms with Crippen molar-refractivity contribution in [1.29, 1.82) is 5.41 Å². The van der Waals surface area contributed by atoms with Crippen LogP contribution in [-0.2, 0) is 15.0 Å². The number of hydrogen-bond acceptors (Lipinski definition) is 3. The summed E-state index contributed by atoms with van der Waals surface area (Å²) in [5.74, 6) is -0.396. The van der Waals surface area contributed by atoms with Gasteiger partial charge in [-0.3, -0.25) is 15.0 Å². The molecule has 0 aromatic heterocycles. The topological polar surface area (TPSA) is 107 Å². The maximum Gasteiger partial charge on any atom is 0.300 e. The van der Waals surface area contributed by atoms with E-state index in [-0.39, 0.29) is 29.6 Å². The maximum absolute atomic E-state index is 12.1. The molecule has 25 heavy (non-hydrogen) atoms. The molecule has 0 bridgehead atoms. The molecule has 1 aliphatic rings. The molecule has 0 radical (unpaired) electrons. The summed E-state index contributed by atoms with van der Waals surface area (Å²) in [6.45, 7) is 8.63. The van der Waals surface area contributed by atoms with E-state index in [1.807, 2.05) is 0 Å². The van der Waals surface area contributed by atoms with Crippen LogP contribution in [0.1, 0.15) is 57.6 Å². The van der Waals surface area contributed by atoms with Crippen LogP contribution in [0, 0.1) is 5.41 Å². The van der Waals surface area contributed by atoms with Crippen molar-refractivity contribution >= 4 is 17.7 Å². The molecular formula is C19H29N3O3. The molecule has 1 aliphatic heterocycles. The van der Waals surface area contributed by atoms with E-state index < -0.39 is 5.97 Å². The van der Waals surface area contributed by atoms with Crippen molar-refractivity contribution in [2.24, 2.45) is 5.73 Å². The SMILES string of the molecule is CC(=O)O.CC(C)(C)c1ccc(C2CCN(CC(=N)N)C(=O)C2)cc1. The second-order valence-corrected chi connectivity index (χ2v) is 7.42. The number of likely N-dealkylation sites (tertiary alicyclic amines) is 1. The van der Waals surface area contributed by atoms with Gasteiger partial charge in [0.2, 0.25) is 5.91 Å². The van der Waals surface area contributed by atoms with E-state index in [1.54, 1.807) is 4.90 Å². The maximum atomic E-state index is 12.1. The highest BCUT2D eigenvalue weighted by atomic mass is 16.4. The summed E-state index contributed by atoms with van der Waals surface area (Å²) in [4.78, 5) is 22.8. The largest absolute Gasteiger partial charge is 0.481 e. The Balaban J connectivity index is 0.000000705. The van der Waals surface area contributed by atoms with Gasteiger partial charge in [0.05, 0.1) is 6.54 Å². The summed E-state index contributed by atoms with van der Waals surface area (Å²) >= 11 is 0. The average molecular weight is 347 g/mol. The summed E-state index contributed by atoms with van der Waals surface area (Å²) in [6, 6.07) is 8.64. The fourth-order valence-electron chi connectivity index (χ4n) is 2.79. The number of rotatable bonds is 3. The number of piperidine rings is 1. The van der Waals surface area contributed by atoms with Gasteiger partial charge >= 0.3 is 0 Å². The molecule has 1 heterocycles. The van der Waals surface area contributed by atoms with Crippen LogP contribution in [0.25, 0.3) is 0 Å². The highest BCUT2D eigenvalue weighted by Gasteiger charge is 2.27. The Morgan fingerprint density at radius 1 is 1.32 bits per heavy atom. The first-order chi connectivity index (χ1) is 11.5. The number of nitrogens with one attached hydrogen (secondary N) is 1. The van der Waals surface area contributed by atoms with Crippen molar-refractivity contribution in [2.75, 3.05) is 13.1 Å². The number of carboxylic acid groups (broad SMARTS) is 1. The molecule has 2 rings (SSSR count). The average Bonchev–Trinajstić information content (AvgIpc) is 2.47. The Kier molecular flexibility index (Phi) is 7.15. The lowest BCUT2D eigenvalue weighted by atomic mass is 9.83. The van der Waals surface area contributed by atoms with Crippen molar-refractivity contribution in [2.45, 2.75) is 51.9 Å². The number of carbonyl (C=O) groups is 2. The second-order valence-electron chi connectivity index (χ2n) is 7.42. The van der Waals surface area contributed by atoms with Gasteiger partial charge in [0.1, 0.15) is 5.84 Å². The number of amides is 1. The van der Waals surface area contributed by atoms with Gasteiger partial charge in [0.15, 0.2) is 0 Å². The number of nitrogens with zero attached hydrogens (tertiary/aromatic N) is 1. The van der Waals surface area contributed by atoms with E-state index in [2.05, 4.69) is 45.0 Å². The van der Waals surface area contributed by atoms with Gasteiger partial charge in [0, 0.05) is 19.9 Å². The molecule has 0 spiro atoms. The minimum atomic E-state index is -0.833. The molecule has 4 N–H and O–H groups in total. The Labute approximate surface area is 149 Å². The molecule has 1 atom stereocenters. The first kappa shape index (κ1) is 20.7. The van der Waals surface area contributed by atoms with Crippen LogP contribution in [0.5, 0.6) is 0 Å². The molecular weight excluding hydrogens is 318 g/mol. The van der Waals surface area contributed by atoms with E-state index in [9.17, 15) is 4.79 Å². The van der Waals surface area contributed by atoms with E-state index in [4.69, 9.17) is 21.0 Å². The first-order valence-electron chi connectivity index (χ1n) is 8.41. The van der Waals surface area contributed by atoms with E-state index in [0.29, 0.717) is 13.0 Å². The molecule has 1 amide bonds. The minimum absolute atomic E-state index is 0.0522. The predicted molar refractivity (Wildman–Crippen MR) is 98.9 cm³/mol. The standard InChI is InChI=1S/C17H25N3O.C2H4O2/c1-17(2,3)14-6-4-12(5-7-14)13-8-9-20(11-15(18)19)16(21)10-13;1-2(3)4/h4-7,13H,8-11H2,1-3H3,(H3,18,19);1H3,(H,3,4). The first-order valence-corrected chi connectivity index (χ1v) is 8.41. The summed E-state index contributed by atoms with van der Waals surface area (Å²) in [5.41, 5.74) is 8.08. The number of benzene rings is 1. The molecule has 0 saturated carbocycles. The van der Waals surface area contributed by atoms with Crippen molar-refractivity contribution in [3.63, 3.8) is 0 Å². The van der Waals surface area contributed by atoms with Crippen LogP contribution in [0.2, 0.25) is 0 Å². The Morgan fingerprint density at radius 2 is 1.84 bits per heavy atom. The van der Waals surface area contributed by atoms with Crippen LogP contribution >= 0.6 is 0 Å². The van der Waals surface area contributed by atoms with Gasteiger partial charge < -0.3 is 15.7 Å². The van der Waals surface area contributed by atoms with Gasteiger partial charge in [-0.05, 0) is 28.9 Å². The highest BCUT2D eigenvalue weighted by Crippen LogP contribution is 2.30. The smallest absolute Gasteiger partial charge is 0.300 e. The number of hydrogen-bond donors (Lipinski definition) is 3. The third-order valence-electron chi connectivity index (χ3n) is 4.13. The lowest BCUT2D eigenvalue weighted by Crippen LogP contribution is -2.42. The summed E-state index contributed by atoms with van der Waals surface area (Å²) < 4.78 is 0. The molecule has 1 unspecified atom stereocenters. The number of carbonyl (C=O) groups excluding carboxylic acids is 1. The van der Waals surface area contributed by atoms with Crippen LogP contribution in [0.3, 0.4) is 0 Å². The lowest BCUT2D eigenvalue weighted by molar-refractivity contribution is -0.134. The molecule has 1 fully saturated rings. The number of amidine groups is 1. The highest BCUT2D eigenvalue weighted by molar-refractivity contribution is 5.86. The van der Waals surface area contributed by atoms with Crippen molar-refractivity contribution in [1.82, 2.24) is 4.90 Å². The zero-order chi connectivity index (χ0) is 19.2. The fourth-order valence-corrected chi connectivity index (χ4v) is 2.79. The normalized spacial score (nSPS) is 17.5. The Bertz CT molecular complexity index is 614. The Morgan fingerprint density at radius 3 is 2.24 bits per heavy atom. The molecule has 0 aliphatic carbocycles. The summed E-state index contributed by atoms with van der Waals surface area (Å²) in [6.07, 6.45) is 1.45. The van der Waals surface area contributed by atoms with Crippen LogP contribution < -0.4 is 5.73 Å². The molecule has 6 nitrogen and oxygen atoms in total. The van der Waals surface area contributed by atoms with Crippen LogP contribution in [-0.4, -0.2) is 40.8 Å². The van der Waals surface area contributed by atoms with E-state index in [1.165, 1.54) is 11.1 Å². The summed E-state index contributed by atoms with van der Waals surface area (Å²) in [7, 11) is 0. The van der Waals surface area contributed by atoms with Crippen molar-refractivity contribution in [3.05, 3.63) is 35.4 Å². The van der Waals surface area contributed by atoms with Crippen molar-refractivity contribution in [3.8, 4) is 0 Å². The van der Waals surface area contributed by atoms with Gasteiger partial charge in [-0.25, -0.2) is 0 Å². The van der Waals surface area contributed by atoms with Gasteiger partial charge in [-0.2, -0.15) is 0 Å². The van der Waals surface area contributed by atoms with Gasteiger partial charge in [-0.15, -0.1) is 0 Å². The molecule has 1 aromatic rings. The quantitative estimate of drug-likeness (QED) is 0.577. The van der Waals surface area contributed by atoms with Gasteiger partial charge in [0.25, 0.3) is 5.97 Å². The number of nitrogens with two attached hydrogens (primary N) is 1. The number of aliphatic carboxylic acids is 1.